The SMILES string of the molecule is CC1(C)C(=O)Nc2ccc(C(O)C3CC3)cc21. The van der Waals surface area contributed by atoms with Gasteiger partial charge in [-0.15, -0.1) is 0 Å². The molecule has 2 aliphatic rings. The third kappa shape index (κ3) is 1.57. The van der Waals surface area contributed by atoms with Crippen molar-refractivity contribution in [1.29, 1.82) is 0 Å². The molecule has 1 aliphatic carbocycles. The Morgan fingerprint density at radius 2 is 2.12 bits per heavy atom. The van der Waals surface area contributed by atoms with Crippen LogP contribution in [0, 0.1) is 5.92 Å². The van der Waals surface area contributed by atoms with Crippen LogP contribution >= 0.6 is 0 Å². The fraction of sp³-hybridized carbons (Fsp3) is 0.500. The summed E-state index contributed by atoms with van der Waals surface area (Å²) in [5, 5.41) is 13.0. The van der Waals surface area contributed by atoms with E-state index in [-0.39, 0.29) is 12.0 Å². The average molecular weight is 231 g/mol. The molecule has 0 saturated heterocycles. The van der Waals surface area contributed by atoms with Gasteiger partial charge in [-0.25, -0.2) is 0 Å². The van der Waals surface area contributed by atoms with Crippen molar-refractivity contribution < 1.29 is 9.90 Å². The maximum Gasteiger partial charge on any atom is 0.234 e. The van der Waals surface area contributed by atoms with E-state index < -0.39 is 5.41 Å². The Kier molecular flexibility index (Phi) is 2.11. The first-order chi connectivity index (χ1) is 8.00. The second-order valence-electron chi connectivity index (χ2n) is 5.67. The summed E-state index contributed by atoms with van der Waals surface area (Å²) in [4.78, 5) is 11.8. The number of aliphatic hydroxyl groups excluding tert-OH is 1. The van der Waals surface area contributed by atoms with Gasteiger partial charge in [0.15, 0.2) is 0 Å². The van der Waals surface area contributed by atoms with Crippen LogP contribution in [0.3, 0.4) is 0 Å². The molecular weight excluding hydrogens is 214 g/mol. The molecule has 3 heteroatoms. The van der Waals surface area contributed by atoms with E-state index in [0.29, 0.717) is 5.92 Å². The molecule has 0 bridgehead atoms. The number of benzene rings is 1. The molecule has 0 aromatic heterocycles. The molecule has 1 amide bonds. The van der Waals surface area contributed by atoms with E-state index in [4.69, 9.17) is 0 Å². The predicted molar refractivity (Wildman–Crippen MR) is 65.8 cm³/mol. The molecule has 1 atom stereocenters. The summed E-state index contributed by atoms with van der Waals surface area (Å²) in [5.74, 6) is 0.451. The first-order valence-electron chi connectivity index (χ1n) is 6.14. The van der Waals surface area contributed by atoms with Gasteiger partial charge in [-0.3, -0.25) is 4.79 Å². The standard InChI is InChI=1S/C14H17NO2/c1-14(2)10-7-9(12(16)8-3-4-8)5-6-11(10)15-13(14)17/h5-8,12,16H,3-4H2,1-2H3,(H,15,17). The lowest BCUT2D eigenvalue weighted by Gasteiger charge is -2.17. The predicted octanol–water partition coefficient (Wildman–Crippen LogP) is 2.36. The van der Waals surface area contributed by atoms with Crippen LogP contribution in [0.4, 0.5) is 5.69 Å². The molecule has 90 valence electrons. The van der Waals surface area contributed by atoms with Crippen LogP contribution in [0.5, 0.6) is 0 Å². The maximum absolute atomic E-state index is 11.8. The van der Waals surface area contributed by atoms with E-state index in [9.17, 15) is 9.90 Å². The Bertz CT molecular complexity index is 489. The second-order valence-corrected chi connectivity index (χ2v) is 5.67. The van der Waals surface area contributed by atoms with Crippen molar-refractivity contribution in [3.05, 3.63) is 29.3 Å². The number of hydrogen-bond donors (Lipinski definition) is 2. The highest BCUT2D eigenvalue weighted by Gasteiger charge is 2.39. The highest BCUT2D eigenvalue weighted by Crippen LogP contribution is 2.44. The molecule has 1 saturated carbocycles. The minimum atomic E-state index is -0.491. The van der Waals surface area contributed by atoms with E-state index in [1.54, 1.807) is 0 Å². The molecule has 17 heavy (non-hydrogen) atoms. The summed E-state index contributed by atoms with van der Waals surface area (Å²) in [7, 11) is 0. The summed E-state index contributed by atoms with van der Waals surface area (Å²) < 4.78 is 0. The van der Waals surface area contributed by atoms with Crippen molar-refractivity contribution in [3.63, 3.8) is 0 Å². The third-order valence-corrected chi connectivity index (χ3v) is 3.94. The maximum atomic E-state index is 11.8. The number of fused-ring (bicyclic) bond motifs is 1. The van der Waals surface area contributed by atoms with Gasteiger partial charge in [0.05, 0.1) is 11.5 Å². The molecular formula is C14H17NO2. The van der Waals surface area contributed by atoms with Crippen molar-refractivity contribution in [2.24, 2.45) is 5.92 Å². The van der Waals surface area contributed by atoms with E-state index in [2.05, 4.69) is 5.32 Å². The molecule has 0 radical (unpaired) electrons. The molecule has 0 spiro atoms. The van der Waals surface area contributed by atoms with Gasteiger partial charge in [0.1, 0.15) is 0 Å². The number of carbonyl (C=O) groups excluding carboxylic acids is 1. The number of amides is 1. The first kappa shape index (κ1) is 10.8. The lowest BCUT2D eigenvalue weighted by Crippen LogP contribution is -2.26. The van der Waals surface area contributed by atoms with Gasteiger partial charge in [-0.1, -0.05) is 12.1 Å². The molecule has 1 heterocycles. The number of anilines is 1. The van der Waals surface area contributed by atoms with Crippen molar-refractivity contribution in [2.45, 2.75) is 38.2 Å². The molecule has 1 fully saturated rings. The van der Waals surface area contributed by atoms with Crippen molar-refractivity contribution >= 4 is 11.6 Å². The summed E-state index contributed by atoms with van der Waals surface area (Å²) in [6.07, 6.45) is 1.85. The van der Waals surface area contributed by atoms with Gasteiger partial charge in [0.25, 0.3) is 0 Å². The largest absolute Gasteiger partial charge is 0.388 e. The Balaban J connectivity index is 2.02. The molecule has 1 unspecified atom stereocenters. The van der Waals surface area contributed by atoms with Gasteiger partial charge in [-0.2, -0.15) is 0 Å². The van der Waals surface area contributed by atoms with E-state index in [1.165, 1.54) is 0 Å². The van der Waals surface area contributed by atoms with Crippen LogP contribution in [0.2, 0.25) is 0 Å². The summed E-state index contributed by atoms with van der Waals surface area (Å²) in [5.41, 5.74) is 2.33. The van der Waals surface area contributed by atoms with Gasteiger partial charge < -0.3 is 10.4 Å². The zero-order valence-corrected chi connectivity index (χ0v) is 10.2. The summed E-state index contributed by atoms with van der Waals surface area (Å²) >= 11 is 0. The molecule has 1 aliphatic heterocycles. The van der Waals surface area contributed by atoms with Gasteiger partial charge in [0, 0.05) is 5.69 Å². The van der Waals surface area contributed by atoms with Crippen molar-refractivity contribution in [2.75, 3.05) is 5.32 Å². The van der Waals surface area contributed by atoms with Crippen LogP contribution in [-0.2, 0) is 10.2 Å². The topological polar surface area (TPSA) is 49.3 Å². The van der Waals surface area contributed by atoms with E-state index >= 15 is 0 Å². The van der Waals surface area contributed by atoms with Crippen LogP contribution in [0.25, 0.3) is 0 Å². The number of hydrogen-bond acceptors (Lipinski definition) is 2. The van der Waals surface area contributed by atoms with Crippen molar-refractivity contribution in [1.82, 2.24) is 0 Å². The Labute approximate surface area is 101 Å². The quantitative estimate of drug-likeness (QED) is 0.821. The molecule has 3 nitrogen and oxygen atoms in total. The lowest BCUT2D eigenvalue weighted by molar-refractivity contribution is -0.119. The molecule has 1 aromatic carbocycles. The highest BCUT2D eigenvalue weighted by atomic mass is 16.3. The van der Waals surface area contributed by atoms with Gasteiger partial charge in [0.2, 0.25) is 5.91 Å². The lowest BCUT2D eigenvalue weighted by atomic mass is 9.84. The monoisotopic (exact) mass is 231 g/mol. The highest BCUT2D eigenvalue weighted by molar-refractivity contribution is 6.05. The van der Waals surface area contributed by atoms with Crippen LogP contribution < -0.4 is 5.32 Å². The zero-order valence-electron chi connectivity index (χ0n) is 10.2. The average Bonchev–Trinajstić information content (AvgIpc) is 3.09. The molecule has 2 N–H and O–H groups in total. The van der Waals surface area contributed by atoms with Gasteiger partial charge in [-0.05, 0) is 49.8 Å². The number of nitrogens with one attached hydrogen (secondary N) is 1. The molecule has 1 aromatic rings. The van der Waals surface area contributed by atoms with Crippen LogP contribution in [0.15, 0.2) is 18.2 Å². The Morgan fingerprint density at radius 3 is 2.76 bits per heavy atom. The van der Waals surface area contributed by atoms with E-state index in [1.807, 2.05) is 32.0 Å². The summed E-state index contributed by atoms with van der Waals surface area (Å²) in [6.45, 7) is 3.84. The second kappa shape index (κ2) is 3.33. The zero-order chi connectivity index (χ0) is 12.2. The van der Waals surface area contributed by atoms with Crippen LogP contribution in [-0.4, -0.2) is 11.0 Å². The number of carbonyl (C=O) groups is 1. The third-order valence-electron chi connectivity index (χ3n) is 3.94. The van der Waals surface area contributed by atoms with Crippen molar-refractivity contribution in [3.8, 4) is 0 Å². The fourth-order valence-electron chi connectivity index (χ4n) is 2.46. The minimum Gasteiger partial charge on any atom is -0.388 e. The van der Waals surface area contributed by atoms with Crippen LogP contribution in [0.1, 0.15) is 43.9 Å². The normalized spacial score (nSPS) is 23.1. The minimum absolute atomic E-state index is 0.0329. The Morgan fingerprint density at radius 1 is 1.41 bits per heavy atom. The fourth-order valence-corrected chi connectivity index (χ4v) is 2.46. The molecule has 3 rings (SSSR count). The van der Waals surface area contributed by atoms with E-state index in [0.717, 1.165) is 29.7 Å². The first-order valence-corrected chi connectivity index (χ1v) is 6.14. The Hall–Kier alpha value is -1.35. The number of rotatable bonds is 2. The van der Waals surface area contributed by atoms with Gasteiger partial charge >= 0.3 is 0 Å². The summed E-state index contributed by atoms with van der Waals surface area (Å²) in [6, 6.07) is 5.81. The number of aliphatic hydroxyl groups is 1. The smallest absolute Gasteiger partial charge is 0.234 e.